The molecule has 1 fully saturated rings. The zero-order chi connectivity index (χ0) is 8.39. The summed E-state index contributed by atoms with van der Waals surface area (Å²) in [5.41, 5.74) is 0. The van der Waals surface area contributed by atoms with Gasteiger partial charge in [-0.15, -0.1) is 0 Å². The molecule has 0 saturated carbocycles. The maximum absolute atomic E-state index is 5.39. The lowest BCUT2D eigenvalue weighted by Crippen LogP contribution is -2.38. The van der Waals surface area contributed by atoms with E-state index in [1.807, 2.05) is 0 Å². The molecule has 64 valence electrons. The summed E-state index contributed by atoms with van der Waals surface area (Å²) < 4.78 is 11.0. The van der Waals surface area contributed by atoms with E-state index in [9.17, 15) is 0 Å². The highest BCUT2D eigenvalue weighted by atomic mass is 79.9. The molecule has 2 heterocycles. The smallest absolute Gasteiger partial charge is 0.232 e. The second-order valence-corrected chi connectivity index (χ2v) is 3.27. The number of hydrogen-bond donors (Lipinski definition) is 0. The van der Waals surface area contributed by atoms with Crippen LogP contribution in [0.1, 0.15) is 0 Å². The van der Waals surface area contributed by atoms with Gasteiger partial charge in [0.15, 0.2) is 0 Å². The molecular formula is C7H7BrN2O2. The van der Waals surface area contributed by atoms with Crippen LogP contribution in [0.4, 0.5) is 0 Å². The number of halogens is 1. The highest BCUT2D eigenvalue weighted by Crippen LogP contribution is 2.13. The Hall–Kier alpha value is -0.680. The molecule has 1 aliphatic heterocycles. The van der Waals surface area contributed by atoms with Crippen molar-refractivity contribution in [3.05, 3.63) is 17.0 Å². The lowest BCUT2D eigenvalue weighted by molar-refractivity contribution is -0.0814. The number of rotatable bonds is 2. The van der Waals surface area contributed by atoms with Crippen LogP contribution in [0.3, 0.4) is 0 Å². The summed E-state index contributed by atoms with van der Waals surface area (Å²) in [6.45, 7) is 1.30. The minimum Gasteiger partial charge on any atom is -0.468 e. The Kier molecular flexibility index (Phi) is 2.23. The van der Waals surface area contributed by atoms with Gasteiger partial charge in [0.05, 0.1) is 25.6 Å². The second kappa shape index (κ2) is 3.37. The average Bonchev–Trinajstić information content (AvgIpc) is 2.00. The molecule has 0 radical (unpaired) electrons. The van der Waals surface area contributed by atoms with Gasteiger partial charge < -0.3 is 9.47 Å². The van der Waals surface area contributed by atoms with Crippen molar-refractivity contribution in [2.45, 2.75) is 6.10 Å². The van der Waals surface area contributed by atoms with Gasteiger partial charge in [-0.1, -0.05) is 0 Å². The Labute approximate surface area is 78.1 Å². The van der Waals surface area contributed by atoms with Gasteiger partial charge in [-0.2, -0.15) is 0 Å². The van der Waals surface area contributed by atoms with Gasteiger partial charge in [0.25, 0.3) is 0 Å². The van der Waals surface area contributed by atoms with E-state index in [4.69, 9.17) is 9.47 Å². The van der Waals surface area contributed by atoms with E-state index in [2.05, 4.69) is 25.9 Å². The van der Waals surface area contributed by atoms with Crippen molar-refractivity contribution in [3.8, 4) is 5.88 Å². The highest BCUT2D eigenvalue weighted by molar-refractivity contribution is 9.10. The van der Waals surface area contributed by atoms with Gasteiger partial charge >= 0.3 is 0 Å². The minimum absolute atomic E-state index is 0.153. The monoisotopic (exact) mass is 230 g/mol. The third kappa shape index (κ3) is 1.73. The fraction of sp³-hybridized carbons (Fsp3) is 0.429. The Balaban J connectivity index is 1.98. The molecule has 0 spiro atoms. The Bertz CT molecular complexity index is 261. The summed E-state index contributed by atoms with van der Waals surface area (Å²) in [4.78, 5) is 7.99. The summed E-state index contributed by atoms with van der Waals surface area (Å²) in [6, 6.07) is 0. The van der Waals surface area contributed by atoms with E-state index >= 15 is 0 Å². The van der Waals surface area contributed by atoms with Crippen LogP contribution in [0.2, 0.25) is 0 Å². The topological polar surface area (TPSA) is 44.2 Å². The summed E-state index contributed by atoms with van der Waals surface area (Å²) in [6.07, 6.45) is 3.34. The van der Waals surface area contributed by atoms with Crippen molar-refractivity contribution in [1.82, 2.24) is 9.97 Å². The van der Waals surface area contributed by atoms with Crippen LogP contribution < -0.4 is 4.74 Å². The molecule has 0 aliphatic carbocycles. The van der Waals surface area contributed by atoms with Crippen LogP contribution in [-0.2, 0) is 4.74 Å². The van der Waals surface area contributed by atoms with Gasteiger partial charge in [-0.25, -0.2) is 9.97 Å². The Morgan fingerprint density at radius 2 is 2.25 bits per heavy atom. The first-order valence-electron chi connectivity index (χ1n) is 3.56. The number of aromatic nitrogens is 2. The normalized spacial score (nSPS) is 17.1. The SMILES string of the molecule is Brc1cnc(OC2COC2)cn1. The molecule has 1 saturated heterocycles. The fourth-order valence-corrected chi connectivity index (χ4v) is 1.02. The second-order valence-electron chi connectivity index (χ2n) is 2.45. The number of nitrogens with zero attached hydrogens (tertiary/aromatic N) is 2. The van der Waals surface area contributed by atoms with Gasteiger partial charge in [-0.3, -0.25) is 0 Å². The molecule has 12 heavy (non-hydrogen) atoms. The molecule has 0 unspecified atom stereocenters. The van der Waals surface area contributed by atoms with Crippen molar-refractivity contribution in [1.29, 1.82) is 0 Å². The summed E-state index contributed by atoms with van der Waals surface area (Å²) in [5, 5.41) is 0. The van der Waals surface area contributed by atoms with Crippen molar-refractivity contribution in [3.63, 3.8) is 0 Å². The predicted octanol–water partition coefficient (Wildman–Crippen LogP) is 1.02. The van der Waals surface area contributed by atoms with E-state index in [0.29, 0.717) is 23.7 Å². The average molecular weight is 231 g/mol. The first-order chi connectivity index (χ1) is 5.84. The Morgan fingerprint density at radius 1 is 1.42 bits per heavy atom. The molecule has 1 aromatic heterocycles. The third-order valence-corrected chi connectivity index (χ3v) is 1.90. The molecule has 0 bridgehead atoms. The van der Waals surface area contributed by atoms with Crippen LogP contribution in [0.25, 0.3) is 0 Å². The van der Waals surface area contributed by atoms with Crippen LogP contribution in [-0.4, -0.2) is 29.3 Å². The molecule has 0 N–H and O–H groups in total. The zero-order valence-corrected chi connectivity index (χ0v) is 7.82. The molecule has 4 nitrogen and oxygen atoms in total. The standard InChI is InChI=1S/C7H7BrN2O2/c8-6-1-10-7(2-9-6)12-5-3-11-4-5/h1-2,5H,3-4H2. The summed E-state index contributed by atoms with van der Waals surface area (Å²) in [5.74, 6) is 0.548. The van der Waals surface area contributed by atoms with Crippen LogP contribution in [0, 0.1) is 0 Å². The van der Waals surface area contributed by atoms with Gasteiger partial charge in [-0.05, 0) is 15.9 Å². The molecule has 1 aromatic rings. The van der Waals surface area contributed by atoms with Crippen LogP contribution in [0.15, 0.2) is 17.0 Å². The lowest BCUT2D eigenvalue weighted by Gasteiger charge is -2.25. The molecule has 0 atom stereocenters. The highest BCUT2D eigenvalue weighted by Gasteiger charge is 2.20. The maximum atomic E-state index is 5.39. The molecular weight excluding hydrogens is 224 g/mol. The van der Waals surface area contributed by atoms with Crippen molar-refractivity contribution < 1.29 is 9.47 Å². The van der Waals surface area contributed by atoms with Gasteiger partial charge in [0.1, 0.15) is 10.7 Å². The molecule has 5 heteroatoms. The van der Waals surface area contributed by atoms with E-state index in [1.54, 1.807) is 12.4 Å². The van der Waals surface area contributed by atoms with Crippen molar-refractivity contribution in [2.75, 3.05) is 13.2 Å². The fourth-order valence-electron chi connectivity index (χ4n) is 0.814. The Morgan fingerprint density at radius 3 is 2.75 bits per heavy atom. The molecule has 0 amide bonds. The molecule has 2 rings (SSSR count). The predicted molar refractivity (Wildman–Crippen MR) is 45.0 cm³/mol. The van der Waals surface area contributed by atoms with Crippen molar-refractivity contribution >= 4 is 15.9 Å². The summed E-state index contributed by atoms with van der Waals surface area (Å²) in [7, 11) is 0. The molecule has 1 aliphatic rings. The van der Waals surface area contributed by atoms with E-state index < -0.39 is 0 Å². The van der Waals surface area contributed by atoms with E-state index in [0.717, 1.165) is 0 Å². The first-order valence-corrected chi connectivity index (χ1v) is 4.36. The number of ether oxygens (including phenoxy) is 2. The summed E-state index contributed by atoms with van der Waals surface area (Å²) >= 11 is 3.19. The zero-order valence-electron chi connectivity index (χ0n) is 6.24. The van der Waals surface area contributed by atoms with Crippen molar-refractivity contribution in [2.24, 2.45) is 0 Å². The van der Waals surface area contributed by atoms with Crippen LogP contribution in [0.5, 0.6) is 5.88 Å². The largest absolute Gasteiger partial charge is 0.468 e. The van der Waals surface area contributed by atoms with Gasteiger partial charge in [0.2, 0.25) is 5.88 Å². The lowest BCUT2D eigenvalue weighted by atomic mass is 10.3. The van der Waals surface area contributed by atoms with E-state index in [1.165, 1.54) is 0 Å². The quantitative estimate of drug-likeness (QED) is 0.762. The third-order valence-electron chi connectivity index (χ3n) is 1.49. The number of hydrogen-bond acceptors (Lipinski definition) is 4. The van der Waals surface area contributed by atoms with Gasteiger partial charge in [0, 0.05) is 0 Å². The van der Waals surface area contributed by atoms with E-state index in [-0.39, 0.29) is 6.10 Å². The maximum Gasteiger partial charge on any atom is 0.232 e. The first kappa shape index (κ1) is 7.94. The van der Waals surface area contributed by atoms with Crippen LogP contribution >= 0.6 is 15.9 Å². The molecule has 0 aromatic carbocycles. The minimum atomic E-state index is 0.153.